The molecule has 0 N–H and O–H groups in total. The van der Waals surface area contributed by atoms with Gasteiger partial charge in [-0.25, -0.2) is 0 Å². The highest BCUT2D eigenvalue weighted by Crippen LogP contribution is 2.25. The molecule has 1 aliphatic heterocycles. The molecule has 1 unspecified atom stereocenters. The van der Waals surface area contributed by atoms with Gasteiger partial charge < -0.3 is 4.84 Å². The van der Waals surface area contributed by atoms with Gasteiger partial charge in [0.05, 0.1) is 4.92 Å². The molecule has 5 nitrogen and oxygen atoms in total. The Bertz CT molecular complexity index is 364. The number of nitro benzene ring substituents is 1. The van der Waals surface area contributed by atoms with Gasteiger partial charge in [-0.15, -0.1) is 0 Å². The van der Waals surface area contributed by atoms with Crippen LogP contribution in [0.2, 0.25) is 0 Å². The van der Waals surface area contributed by atoms with E-state index in [9.17, 15) is 10.1 Å². The Morgan fingerprint density at radius 3 is 2.64 bits per heavy atom. The monoisotopic (exact) mass is 192 g/mol. The van der Waals surface area contributed by atoms with E-state index < -0.39 is 4.92 Å². The largest absolute Gasteiger partial charge is 0.388 e. The third-order valence-corrected chi connectivity index (χ3v) is 2.06. The normalized spacial score (nSPS) is 19.3. The molecule has 72 valence electrons. The number of hydrogen-bond donors (Lipinski definition) is 0. The van der Waals surface area contributed by atoms with Crippen LogP contribution in [0.5, 0.6) is 0 Å². The molecular weight excluding hydrogens is 184 g/mol. The zero-order valence-electron chi connectivity index (χ0n) is 7.29. The van der Waals surface area contributed by atoms with Crippen molar-refractivity contribution < 1.29 is 9.76 Å². The van der Waals surface area contributed by atoms with Crippen LogP contribution in [-0.2, 0) is 4.84 Å². The topological polar surface area (TPSA) is 64.7 Å². The fraction of sp³-hybridized carbons (Fsp3) is 0.222. The number of benzene rings is 1. The summed E-state index contributed by atoms with van der Waals surface area (Å²) < 4.78 is 0. The van der Waals surface area contributed by atoms with Crippen LogP contribution < -0.4 is 0 Å². The first-order valence-electron chi connectivity index (χ1n) is 4.19. The van der Waals surface area contributed by atoms with E-state index in [0.717, 1.165) is 12.0 Å². The van der Waals surface area contributed by atoms with Crippen molar-refractivity contribution >= 4 is 11.9 Å². The maximum Gasteiger partial charge on any atom is 0.269 e. The van der Waals surface area contributed by atoms with Crippen LogP contribution in [0.25, 0.3) is 0 Å². The molecule has 0 saturated heterocycles. The Kier molecular flexibility index (Phi) is 2.14. The van der Waals surface area contributed by atoms with E-state index in [4.69, 9.17) is 4.84 Å². The minimum atomic E-state index is -0.421. The van der Waals surface area contributed by atoms with Crippen molar-refractivity contribution in [3.05, 3.63) is 39.9 Å². The Morgan fingerprint density at radius 1 is 1.43 bits per heavy atom. The lowest BCUT2D eigenvalue weighted by Gasteiger charge is -2.06. The van der Waals surface area contributed by atoms with Crippen LogP contribution >= 0.6 is 0 Å². The van der Waals surface area contributed by atoms with Gasteiger partial charge in [0.1, 0.15) is 0 Å². The summed E-state index contributed by atoms with van der Waals surface area (Å²) in [6.07, 6.45) is 2.32. The van der Waals surface area contributed by atoms with Crippen molar-refractivity contribution in [3.8, 4) is 0 Å². The SMILES string of the molecule is O=[N+]([O-])c1ccc(C2CC=NO2)cc1. The Balaban J connectivity index is 2.17. The molecule has 0 saturated carbocycles. The van der Waals surface area contributed by atoms with E-state index in [1.165, 1.54) is 12.1 Å². The molecule has 1 aromatic carbocycles. The van der Waals surface area contributed by atoms with Gasteiger partial charge in [0.25, 0.3) is 5.69 Å². The molecule has 5 heteroatoms. The van der Waals surface area contributed by atoms with Crippen LogP contribution in [-0.4, -0.2) is 11.1 Å². The predicted molar refractivity (Wildman–Crippen MR) is 50.0 cm³/mol. The lowest BCUT2D eigenvalue weighted by atomic mass is 10.1. The number of nitrogens with zero attached hydrogens (tertiary/aromatic N) is 2. The average Bonchev–Trinajstić information content (AvgIpc) is 2.71. The summed E-state index contributed by atoms with van der Waals surface area (Å²) in [5, 5.41) is 14.0. The molecule has 2 rings (SSSR count). The van der Waals surface area contributed by atoms with Gasteiger partial charge in [-0.2, -0.15) is 0 Å². The quantitative estimate of drug-likeness (QED) is 0.532. The second kappa shape index (κ2) is 3.45. The fourth-order valence-electron chi connectivity index (χ4n) is 1.31. The molecular formula is C9H8N2O3. The second-order valence-electron chi connectivity index (χ2n) is 2.97. The Hall–Kier alpha value is -1.91. The molecule has 0 bridgehead atoms. The highest BCUT2D eigenvalue weighted by molar-refractivity contribution is 5.59. The molecule has 1 atom stereocenters. The summed E-state index contributed by atoms with van der Waals surface area (Å²) in [5.41, 5.74) is 1.00. The van der Waals surface area contributed by atoms with Crippen LogP contribution in [0.1, 0.15) is 18.1 Å². The van der Waals surface area contributed by atoms with E-state index in [1.807, 2.05) is 0 Å². The van der Waals surface area contributed by atoms with Crippen molar-refractivity contribution in [2.45, 2.75) is 12.5 Å². The Labute approximate surface area is 80.1 Å². The van der Waals surface area contributed by atoms with Crippen LogP contribution in [0.3, 0.4) is 0 Å². The summed E-state index contributed by atoms with van der Waals surface area (Å²) in [4.78, 5) is 15.0. The molecule has 1 heterocycles. The van der Waals surface area contributed by atoms with Gasteiger partial charge in [0, 0.05) is 24.8 Å². The van der Waals surface area contributed by atoms with Crippen molar-refractivity contribution in [2.75, 3.05) is 0 Å². The van der Waals surface area contributed by atoms with Gasteiger partial charge in [0.15, 0.2) is 6.10 Å². The van der Waals surface area contributed by atoms with Gasteiger partial charge >= 0.3 is 0 Å². The van der Waals surface area contributed by atoms with E-state index in [-0.39, 0.29) is 11.8 Å². The number of rotatable bonds is 2. The second-order valence-corrected chi connectivity index (χ2v) is 2.97. The van der Waals surface area contributed by atoms with E-state index in [0.29, 0.717) is 0 Å². The van der Waals surface area contributed by atoms with Gasteiger partial charge in [-0.3, -0.25) is 10.1 Å². The molecule has 0 spiro atoms. The highest BCUT2D eigenvalue weighted by Gasteiger charge is 2.16. The van der Waals surface area contributed by atoms with Crippen LogP contribution in [0.4, 0.5) is 5.69 Å². The Morgan fingerprint density at radius 2 is 2.14 bits per heavy atom. The van der Waals surface area contributed by atoms with Gasteiger partial charge in [-0.1, -0.05) is 5.16 Å². The number of oxime groups is 1. The molecule has 0 radical (unpaired) electrons. The van der Waals surface area contributed by atoms with Crippen molar-refractivity contribution in [1.29, 1.82) is 0 Å². The third kappa shape index (κ3) is 1.56. The average molecular weight is 192 g/mol. The molecule has 0 aromatic heterocycles. The smallest absolute Gasteiger partial charge is 0.269 e. The summed E-state index contributed by atoms with van der Waals surface area (Å²) in [6.45, 7) is 0. The summed E-state index contributed by atoms with van der Waals surface area (Å²) in [5.74, 6) is 0. The zero-order chi connectivity index (χ0) is 9.97. The van der Waals surface area contributed by atoms with Gasteiger partial charge in [0.2, 0.25) is 0 Å². The fourth-order valence-corrected chi connectivity index (χ4v) is 1.31. The molecule has 0 amide bonds. The molecule has 1 aromatic rings. The standard InChI is InChI=1S/C9H8N2O3/c12-11(13)8-3-1-7(2-4-8)9-5-6-10-14-9/h1-4,6,9H,5H2. The molecule has 0 aliphatic carbocycles. The van der Waals surface area contributed by atoms with Crippen molar-refractivity contribution in [2.24, 2.45) is 5.16 Å². The lowest BCUT2D eigenvalue weighted by Crippen LogP contribution is -1.96. The predicted octanol–water partition coefficient (Wildman–Crippen LogP) is 2.04. The number of nitro groups is 1. The molecule has 14 heavy (non-hydrogen) atoms. The van der Waals surface area contributed by atoms with Crippen molar-refractivity contribution in [3.63, 3.8) is 0 Å². The summed E-state index contributed by atoms with van der Waals surface area (Å²) in [6, 6.07) is 6.32. The lowest BCUT2D eigenvalue weighted by molar-refractivity contribution is -0.384. The van der Waals surface area contributed by atoms with Crippen molar-refractivity contribution in [1.82, 2.24) is 0 Å². The maximum absolute atomic E-state index is 10.4. The van der Waals surface area contributed by atoms with Crippen LogP contribution in [0.15, 0.2) is 29.4 Å². The third-order valence-electron chi connectivity index (χ3n) is 2.06. The molecule has 0 fully saturated rings. The first-order valence-corrected chi connectivity index (χ1v) is 4.19. The first-order chi connectivity index (χ1) is 6.77. The first kappa shape index (κ1) is 8.68. The summed E-state index contributed by atoms with van der Waals surface area (Å²) in [7, 11) is 0. The maximum atomic E-state index is 10.4. The number of non-ortho nitro benzene ring substituents is 1. The van der Waals surface area contributed by atoms with E-state index in [2.05, 4.69) is 5.16 Å². The van der Waals surface area contributed by atoms with E-state index in [1.54, 1.807) is 18.3 Å². The zero-order valence-corrected chi connectivity index (χ0v) is 7.29. The van der Waals surface area contributed by atoms with E-state index >= 15 is 0 Å². The van der Waals surface area contributed by atoms with Gasteiger partial charge in [-0.05, 0) is 17.7 Å². The summed E-state index contributed by atoms with van der Waals surface area (Å²) >= 11 is 0. The number of hydrogen-bond acceptors (Lipinski definition) is 4. The minimum absolute atomic E-state index is 0.0872. The highest BCUT2D eigenvalue weighted by atomic mass is 16.6. The van der Waals surface area contributed by atoms with Crippen LogP contribution in [0, 0.1) is 10.1 Å². The molecule has 1 aliphatic rings. The minimum Gasteiger partial charge on any atom is -0.388 e.